The Morgan fingerprint density at radius 2 is 1.96 bits per heavy atom. The van der Waals surface area contributed by atoms with Crippen LogP contribution in [0, 0.1) is 5.82 Å². The number of imidazole rings is 1. The Balaban J connectivity index is 1.81. The predicted molar refractivity (Wildman–Crippen MR) is 102 cm³/mol. The standard InChI is InChI=1S/C21H20FN3O2/c1-25-14-13-23-21(25)20(17-5-3-4-6-18(17)22)24-19(26)12-9-15-7-10-16(27-2)11-8-15/h3-14,20H,1-2H3,(H,24,26)/b12-9+. The van der Waals surface area contributed by atoms with Gasteiger partial charge in [0.2, 0.25) is 5.91 Å². The van der Waals surface area contributed by atoms with Crippen molar-refractivity contribution in [1.82, 2.24) is 14.9 Å². The molecule has 0 radical (unpaired) electrons. The third kappa shape index (κ3) is 4.41. The van der Waals surface area contributed by atoms with E-state index in [1.807, 2.05) is 24.3 Å². The average Bonchev–Trinajstić information content (AvgIpc) is 3.11. The summed E-state index contributed by atoms with van der Waals surface area (Å²) in [5, 5.41) is 2.84. The smallest absolute Gasteiger partial charge is 0.244 e. The molecule has 0 saturated heterocycles. The zero-order chi connectivity index (χ0) is 19.2. The van der Waals surface area contributed by atoms with Gasteiger partial charge in [-0.25, -0.2) is 9.37 Å². The second kappa shape index (κ2) is 8.31. The van der Waals surface area contributed by atoms with Crippen molar-refractivity contribution < 1.29 is 13.9 Å². The third-order valence-corrected chi connectivity index (χ3v) is 4.16. The summed E-state index contributed by atoms with van der Waals surface area (Å²) >= 11 is 0. The first-order chi connectivity index (χ1) is 13.1. The van der Waals surface area contributed by atoms with Crippen LogP contribution in [0.25, 0.3) is 6.08 Å². The number of carbonyl (C=O) groups excluding carboxylic acids is 1. The molecule has 27 heavy (non-hydrogen) atoms. The summed E-state index contributed by atoms with van der Waals surface area (Å²) in [5.74, 6) is 0.546. The number of rotatable bonds is 6. The van der Waals surface area contributed by atoms with Gasteiger partial charge in [0, 0.05) is 31.1 Å². The third-order valence-electron chi connectivity index (χ3n) is 4.16. The SMILES string of the molecule is COc1ccc(/C=C/C(=O)NC(c2ccccc2F)c2nccn2C)cc1. The van der Waals surface area contributed by atoms with Crippen LogP contribution in [0.4, 0.5) is 4.39 Å². The molecule has 0 aliphatic heterocycles. The van der Waals surface area contributed by atoms with Gasteiger partial charge in [0.1, 0.15) is 23.4 Å². The average molecular weight is 365 g/mol. The number of methoxy groups -OCH3 is 1. The molecule has 5 nitrogen and oxygen atoms in total. The second-order valence-corrected chi connectivity index (χ2v) is 5.97. The van der Waals surface area contributed by atoms with E-state index in [2.05, 4.69) is 10.3 Å². The lowest BCUT2D eigenvalue weighted by molar-refractivity contribution is -0.117. The fourth-order valence-electron chi connectivity index (χ4n) is 2.72. The van der Waals surface area contributed by atoms with Crippen molar-refractivity contribution in [3.05, 3.63) is 89.8 Å². The van der Waals surface area contributed by atoms with Gasteiger partial charge in [0.15, 0.2) is 0 Å². The van der Waals surface area contributed by atoms with Crippen molar-refractivity contribution in [3.8, 4) is 5.75 Å². The molecule has 1 heterocycles. The molecule has 0 bridgehead atoms. The molecule has 0 fully saturated rings. The fraction of sp³-hybridized carbons (Fsp3) is 0.143. The molecule has 1 unspecified atom stereocenters. The van der Waals surface area contributed by atoms with E-state index in [0.717, 1.165) is 11.3 Å². The highest BCUT2D eigenvalue weighted by atomic mass is 19.1. The van der Waals surface area contributed by atoms with Gasteiger partial charge in [0.25, 0.3) is 0 Å². The van der Waals surface area contributed by atoms with E-state index in [1.54, 1.807) is 55.4 Å². The van der Waals surface area contributed by atoms with E-state index in [0.29, 0.717) is 11.4 Å². The lowest BCUT2D eigenvalue weighted by Crippen LogP contribution is -2.30. The molecular formula is C21H20FN3O2. The number of carbonyl (C=O) groups is 1. The Morgan fingerprint density at radius 3 is 2.59 bits per heavy atom. The van der Waals surface area contributed by atoms with Gasteiger partial charge in [-0.05, 0) is 29.8 Å². The van der Waals surface area contributed by atoms with E-state index in [9.17, 15) is 9.18 Å². The number of halogens is 1. The first kappa shape index (κ1) is 18.4. The van der Waals surface area contributed by atoms with Crippen molar-refractivity contribution in [1.29, 1.82) is 0 Å². The molecule has 1 amide bonds. The summed E-state index contributed by atoms with van der Waals surface area (Å²) in [6, 6.07) is 13.0. The molecule has 1 atom stereocenters. The van der Waals surface area contributed by atoms with Crippen LogP contribution in [0.3, 0.4) is 0 Å². The molecule has 1 N–H and O–H groups in total. The van der Waals surface area contributed by atoms with Crippen molar-refractivity contribution in [3.63, 3.8) is 0 Å². The zero-order valence-electron chi connectivity index (χ0n) is 15.1. The molecule has 6 heteroatoms. The van der Waals surface area contributed by atoms with Gasteiger partial charge in [-0.2, -0.15) is 0 Å². The Kier molecular flexibility index (Phi) is 5.66. The Morgan fingerprint density at radius 1 is 1.22 bits per heavy atom. The highest BCUT2D eigenvalue weighted by Crippen LogP contribution is 2.23. The van der Waals surface area contributed by atoms with Gasteiger partial charge >= 0.3 is 0 Å². The molecule has 3 aromatic rings. The summed E-state index contributed by atoms with van der Waals surface area (Å²) in [5.41, 5.74) is 1.21. The number of hydrogen-bond donors (Lipinski definition) is 1. The number of nitrogens with zero attached hydrogens (tertiary/aromatic N) is 2. The highest BCUT2D eigenvalue weighted by Gasteiger charge is 2.22. The van der Waals surface area contributed by atoms with Crippen LogP contribution in [0.2, 0.25) is 0 Å². The zero-order valence-corrected chi connectivity index (χ0v) is 15.1. The van der Waals surface area contributed by atoms with E-state index in [1.165, 1.54) is 12.1 Å². The number of aromatic nitrogens is 2. The van der Waals surface area contributed by atoms with Gasteiger partial charge < -0.3 is 14.6 Å². The maximum atomic E-state index is 14.3. The number of hydrogen-bond acceptors (Lipinski definition) is 3. The van der Waals surface area contributed by atoms with Gasteiger partial charge in [-0.3, -0.25) is 4.79 Å². The topological polar surface area (TPSA) is 56.1 Å². The maximum absolute atomic E-state index is 14.3. The molecule has 1 aromatic heterocycles. The summed E-state index contributed by atoms with van der Waals surface area (Å²) in [7, 11) is 3.40. The van der Waals surface area contributed by atoms with Crippen LogP contribution < -0.4 is 10.1 Å². The second-order valence-electron chi connectivity index (χ2n) is 5.97. The quantitative estimate of drug-likeness (QED) is 0.681. The van der Waals surface area contributed by atoms with E-state index in [4.69, 9.17) is 4.74 Å². The van der Waals surface area contributed by atoms with Crippen LogP contribution in [-0.4, -0.2) is 22.6 Å². The van der Waals surface area contributed by atoms with Crippen LogP contribution in [0.5, 0.6) is 5.75 Å². The predicted octanol–water partition coefficient (Wildman–Crippen LogP) is 3.49. The van der Waals surface area contributed by atoms with Crippen LogP contribution in [0.15, 0.2) is 67.0 Å². The van der Waals surface area contributed by atoms with Gasteiger partial charge in [-0.1, -0.05) is 30.3 Å². The van der Waals surface area contributed by atoms with E-state index < -0.39 is 11.9 Å². The molecule has 0 aliphatic rings. The minimum absolute atomic E-state index is 0.345. The maximum Gasteiger partial charge on any atom is 0.244 e. The van der Waals surface area contributed by atoms with E-state index in [-0.39, 0.29) is 5.91 Å². The highest BCUT2D eigenvalue weighted by molar-refractivity contribution is 5.92. The summed E-state index contributed by atoms with van der Waals surface area (Å²) in [6.07, 6.45) is 6.47. The van der Waals surface area contributed by atoms with Crippen LogP contribution >= 0.6 is 0 Å². The number of amides is 1. The van der Waals surface area contributed by atoms with E-state index >= 15 is 0 Å². The van der Waals surface area contributed by atoms with Gasteiger partial charge in [-0.15, -0.1) is 0 Å². The monoisotopic (exact) mass is 365 g/mol. The molecule has 2 aromatic carbocycles. The van der Waals surface area contributed by atoms with Crippen molar-refractivity contribution in [2.45, 2.75) is 6.04 Å². The van der Waals surface area contributed by atoms with Gasteiger partial charge in [0.05, 0.1) is 7.11 Å². The molecule has 138 valence electrons. The minimum Gasteiger partial charge on any atom is -0.497 e. The minimum atomic E-state index is -0.695. The first-order valence-corrected chi connectivity index (χ1v) is 8.43. The lowest BCUT2D eigenvalue weighted by Gasteiger charge is -2.18. The Labute approximate surface area is 157 Å². The molecular weight excluding hydrogens is 345 g/mol. The Bertz CT molecular complexity index is 948. The Hall–Kier alpha value is -3.41. The number of aryl methyl sites for hydroxylation is 1. The number of benzene rings is 2. The molecule has 0 aliphatic carbocycles. The van der Waals surface area contributed by atoms with Crippen molar-refractivity contribution >= 4 is 12.0 Å². The van der Waals surface area contributed by atoms with Crippen LogP contribution in [-0.2, 0) is 11.8 Å². The number of nitrogens with one attached hydrogen (secondary N) is 1. The lowest BCUT2D eigenvalue weighted by atomic mass is 10.1. The molecule has 0 saturated carbocycles. The summed E-state index contributed by atoms with van der Waals surface area (Å²) < 4.78 is 21.2. The summed E-state index contributed by atoms with van der Waals surface area (Å²) in [6.45, 7) is 0. The van der Waals surface area contributed by atoms with Crippen molar-refractivity contribution in [2.24, 2.45) is 7.05 Å². The number of ether oxygens (including phenoxy) is 1. The van der Waals surface area contributed by atoms with Crippen molar-refractivity contribution in [2.75, 3.05) is 7.11 Å². The normalized spacial score (nSPS) is 12.1. The molecule has 3 rings (SSSR count). The van der Waals surface area contributed by atoms with Crippen LogP contribution in [0.1, 0.15) is 23.0 Å². The molecule has 0 spiro atoms. The summed E-state index contributed by atoms with van der Waals surface area (Å²) in [4.78, 5) is 16.7. The largest absolute Gasteiger partial charge is 0.497 e. The fourth-order valence-corrected chi connectivity index (χ4v) is 2.72. The first-order valence-electron chi connectivity index (χ1n) is 8.43.